The molecule has 0 aliphatic carbocycles. The van der Waals surface area contributed by atoms with Gasteiger partial charge in [0.25, 0.3) is 0 Å². The van der Waals surface area contributed by atoms with Gasteiger partial charge in [-0.25, -0.2) is 0 Å². The van der Waals surface area contributed by atoms with E-state index in [2.05, 4.69) is 71.9 Å². The minimum atomic E-state index is 0.0992. The first kappa shape index (κ1) is 20.7. The van der Waals surface area contributed by atoms with Crippen LogP contribution in [0.15, 0.2) is 54.6 Å². The minimum Gasteiger partial charge on any atom is -0.345 e. The Hall–Kier alpha value is -2.57. The van der Waals surface area contributed by atoms with E-state index in [-0.39, 0.29) is 17.9 Å². The Bertz CT molecular complexity index is 820. The van der Waals surface area contributed by atoms with E-state index in [9.17, 15) is 4.79 Å². The topological polar surface area (TPSA) is 41.1 Å². The summed E-state index contributed by atoms with van der Waals surface area (Å²) in [6, 6.07) is 15.1. The Kier molecular flexibility index (Phi) is 8.61. The molecular formula is C24H30N2O. The van der Waals surface area contributed by atoms with Gasteiger partial charge < -0.3 is 10.6 Å². The van der Waals surface area contributed by atoms with E-state index in [0.29, 0.717) is 6.54 Å². The molecule has 1 amide bonds. The van der Waals surface area contributed by atoms with Gasteiger partial charge in [0.05, 0.1) is 6.54 Å². The summed E-state index contributed by atoms with van der Waals surface area (Å²) < 4.78 is 0. The second-order valence-corrected chi connectivity index (χ2v) is 6.65. The van der Waals surface area contributed by atoms with Crippen LogP contribution in [0.5, 0.6) is 0 Å². The summed E-state index contributed by atoms with van der Waals surface area (Å²) in [6.07, 6.45) is 5.59. The van der Waals surface area contributed by atoms with Crippen molar-refractivity contribution in [2.75, 3.05) is 13.1 Å². The highest BCUT2D eigenvalue weighted by molar-refractivity contribution is 5.86. The average molecular weight is 363 g/mol. The fourth-order valence-corrected chi connectivity index (χ4v) is 3.15. The number of benzene rings is 2. The Morgan fingerprint density at radius 2 is 1.85 bits per heavy atom. The summed E-state index contributed by atoms with van der Waals surface area (Å²) >= 11 is 0. The number of nitrogens with one attached hydrogen (secondary N) is 2. The lowest BCUT2D eigenvalue weighted by atomic mass is 10.00. The highest BCUT2D eigenvalue weighted by Crippen LogP contribution is 2.23. The molecule has 0 radical (unpaired) electrons. The molecule has 0 saturated carbocycles. The average Bonchev–Trinajstić information content (AvgIpc) is 2.70. The standard InChI is InChI=1S/C24H30N2O/c1-4-20(5-2)24(27)26-18-11-7-6-10-17-25-19(3)22-16-12-14-21-13-8-9-15-23(21)22/h6,8-10,12-16,19-20,25H,4-5,17-18H2,1-3H3,(H,26,27)/t19-/m1/s1. The first-order chi connectivity index (χ1) is 13.2. The number of rotatable bonds is 8. The molecule has 142 valence electrons. The van der Waals surface area contributed by atoms with Crippen molar-refractivity contribution in [3.05, 3.63) is 60.2 Å². The van der Waals surface area contributed by atoms with Crippen molar-refractivity contribution in [1.82, 2.24) is 10.6 Å². The van der Waals surface area contributed by atoms with Gasteiger partial charge in [-0.2, -0.15) is 0 Å². The van der Waals surface area contributed by atoms with Gasteiger partial charge in [-0.3, -0.25) is 4.79 Å². The highest BCUT2D eigenvalue weighted by Gasteiger charge is 2.12. The van der Waals surface area contributed by atoms with Crippen LogP contribution in [0.4, 0.5) is 0 Å². The van der Waals surface area contributed by atoms with Crippen LogP contribution in [-0.2, 0) is 4.79 Å². The molecule has 27 heavy (non-hydrogen) atoms. The van der Waals surface area contributed by atoms with Crippen LogP contribution in [0.25, 0.3) is 10.8 Å². The van der Waals surface area contributed by atoms with Gasteiger partial charge in [0.2, 0.25) is 5.91 Å². The van der Waals surface area contributed by atoms with Crippen LogP contribution in [0.3, 0.4) is 0 Å². The van der Waals surface area contributed by atoms with Crippen molar-refractivity contribution >= 4 is 16.7 Å². The second kappa shape index (κ2) is 11.2. The smallest absolute Gasteiger partial charge is 0.223 e. The maximum atomic E-state index is 11.8. The van der Waals surface area contributed by atoms with E-state index in [1.54, 1.807) is 0 Å². The normalized spacial score (nSPS) is 12.1. The zero-order valence-corrected chi connectivity index (χ0v) is 16.6. The molecule has 0 aliphatic rings. The maximum Gasteiger partial charge on any atom is 0.223 e. The van der Waals surface area contributed by atoms with Gasteiger partial charge in [0.15, 0.2) is 0 Å². The molecule has 2 aromatic carbocycles. The summed E-state index contributed by atoms with van der Waals surface area (Å²) in [5.74, 6) is 6.14. The molecule has 0 aromatic heterocycles. The highest BCUT2D eigenvalue weighted by atomic mass is 16.1. The zero-order valence-electron chi connectivity index (χ0n) is 16.6. The van der Waals surface area contributed by atoms with E-state index in [1.807, 2.05) is 26.0 Å². The van der Waals surface area contributed by atoms with Crippen LogP contribution in [0.2, 0.25) is 0 Å². The third kappa shape index (κ3) is 6.27. The molecule has 0 unspecified atom stereocenters. The largest absolute Gasteiger partial charge is 0.345 e. The lowest BCUT2D eigenvalue weighted by Gasteiger charge is -2.15. The monoisotopic (exact) mass is 362 g/mol. The van der Waals surface area contributed by atoms with Gasteiger partial charge in [0.1, 0.15) is 0 Å². The minimum absolute atomic E-state index is 0.0992. The molecule has 0 heterocycles. The van der Waals surface area contributed by atoms with E-state index in [1.165, 1.54) is 16.3 Å². The quantitative estimate of drug-likeness (QED) is 0.674. The lowest BCUT2D eigenvalue weighted by molar-refractivity contribution is -0.124. The van der Waals surface area contributed by atoms with Crippen LogP contribution in [0, 0.1) is 17.8 Å². The molecule has 0 aliphatic heterocycles. The summed E-state index contributed by atoms with van der Waals surface area (Å²) in [5.41, 5.74) is 1.30. The Labute approximate surface area is 163 Å². The summed E-state index contributed by atoms with van der Waals surface area (Å²) in [7, 11) is 0. The number of carbonyl (C=O) groups is 1. The molecule has 3 heteroatoms. The number of amides is 1. The summed E-state index contributed by atoms with van der Waals surface area (Å²) in [6.45, 7) is 7.40. The van der Waals surface area contributed by atoms with Crippen molar-refractivity contribution in [3.8, 4) is 11.8 Å². The Balaban J connectivity index is 1.77. The Morgan fingerprint density at radius 3 is 2.63 bits per heavy atom. The molecule has 1 atom stereocenters. The molecular weight excluding hydrogens is 332 g/mol. The second-order valence-electron chi connectivity index (χ2n) is 6.65. The molecule has 3 nitrogen and oxygen atoms in total. The van der Waals surface area contributed by atoms with Crippen molar-refractivity contribution in [1.29, 1.82) is 0 Å². The van der Waals surface area contributed by atoms with E-state index in [0.717, 1.165) is 19.4 Å². The maximum absolute atomic E-state index is 11.8. The Morgan fingerprint density at radius 1 is 1.11 bits per heavy atom. The number of fused-ring (bicyclic) bond motifs is 1. The van der Waals surface area contributed by atoms with Gasteiger partial charge >= 0.3 is 0 Å². The van der Waals surface area contributed by atoms with Gasteiger partial charge in [-0.15, -0.1) is 0 Å². The van der Waals surface area contributed by atoms with Crippen LogP contribution >= 0.6 is 0 Å². The molecule has 2 aromatic rings. The van der Waals surface area contributed by atoms with Crippen molar-refractivity contribution < 1.29 is 4.79 Å². The fourth-order valence-electron chi connectivity index (χ4n) is 3.15. The molecule has 2 N–H and O–H groups in total. The molecule has 0 bridgehead atoms. The molecule has 0 fully saturated rings. The summed E-state index contributed by atoms with van der Waals surface area (Å²) in [4.78, 5) is 11.8. The molecule has 0 spiro atoms. The number of allylic oxidation sites excluding steroid dienone is 1. The van der Waals surface area contributed by atoms with Crippen molar-refractivity contribution in [2.45, 2.75) is 39.7 Å². The van der Waals surface area contributed by atoms with E-state index >= 15 is 0 Å². The first-order valence-corrected chi connectivity index (χ1v) is 9.79. The number of hydrogen-bond donors (Lipinski definition) is 2. The predicted molar refractivity (Wildman–Crippen MR) is 114 cm³/mol. The zero-order chi connectivity index (χ0) is 19.5. The van der Waals surface area contributed by atoms with Gasteiger partial charge in [0, 0.05) is 18.5 Å². The van der Waals surface area contributed by atoms with Crippen LogP contribution in [-0.4, -0.2) is 19.0 Å². The van der Waals surface area contributed by atoms with Gasteiger partial charge in [-0.1, -0.05) is 74.2 Å². The van der Waals surface area contributed by atoms with E-state index < -0.39 is 0 Å². The molecule has 2 rings (SSSR count). The number of hydrogen-bond acceptors (Lipinski definition) is 2. The first-order valence-electron chi connectivity index (χ1n) is 9.79. The van der Waals surface area contributed by atoms with Crippen molar-refractivity contribution in [3.63, 3.8) is 0 Å². The molecule has 0 saturated heterocycles. The van der Waals surface area contributed by atoms with Crippen LogP contribution in [0.1, 0.15) is 45.2 Å². The number of carbonyl (C=O) groups excluding carboxylic acids is 1. The van der Waals surface area contributed by atoms with E-state index in [4.69, 9.17) is 0 Å². The fraction of sp³-hybridized carbons (Fsp3) is 0.375. The lowest BCUT2D eigenvalue weighted by Crippen LogP contribution is -2.30. The third-order valence-corrected chi connectivity index (χ3v) is 4.84. The SMILES string of the molecule is CCC(CC)C(=O)NCC#CC=CCN[C@H](C)c1cccc2ccccc12. The van der Waals surface area contributed by atoms with Crippen molar-refractivity contribution in [2.24, 2.45) is 5.92 Å². The van der Waals surface area contributed by atoms with Crippen LogP contribution < -0.4 is 10.6 Å². The van der Waals surface area contributed by atoms with Gasteiger partial charge in [-0.05, 0) is 42.2 Å². The predicted octanol–water partition coefficient (Wildman–Crippen LogP) is 4.60. The third-order valence-electron chi connectivity index (χ3n) is 4.84. The summed E-state index contributed by atoms with van der Waals surface area (Å²) in [5, 5.41) is 8.93.